The van der Waals surface area contributed by atoms with Crippen LogP contribution in [0.5, 0.6) is 0 Å². The van der Waals surface area contributed by atoms with Crippen LogP contribution in [-0.4, -0.2) is 38.0 Å². The summed E-state index contributed by atoms with van der Waals surface area (Å²) in [5.74, 6) is 0. The van der Waals surface area contributed by atoms with E-state index in [9.17, 15) is 8.42 Å². The normalized spacial score (nSPS) is 10.1. The van der Waals surface area contributed by atoms with Gasteiger partial charge in [-0.15, -0.1) is 0 Å². The van der Waals surface area contributed by atoms with Crippen LogP contribution in [-0.2, 0) is 14.3 Å². The molecule has 0 saturated heterocycles. The Labute approximate surface area is 106 Å². The third-order valence-electron chi connectivity index (χ3n) is 1.50. The molecule has 1 rings (SSSR count). The monoisotopic (exact) mass is 221 g/mol. The standard InChI is InChI=1S/C9H10O3S.Na/c1-3-12-13(10,11)9-6-4-8(2)5-7-9;/h3-7H,1H2,2H3;. The fourth-order valence-electron chi connectivity index (χ4n) is 0.850. The predicted octanol–water partition coefficient (Wildman–Crippen LogP) is 1.46. The molecule has 0 aromatic heterocycles. The van der Waals surface area contributed by atoms with Crippen LogP contribution in [0, 0.1) is 6.92 Å². The van der Waals surface area contributed by atoms with Crippen LogP contribution >= 0.6 is 0 Å². The zero-order valence-corrected chi connectivity index (χ0v) is 11.0. The maximum absolute atomic E-state index is 11.3. The maximum Gasteiger partial charge on any atom is 0.338 e. The van der Waals surface area contributed by atoms with Crippen LogP contribution in [0.15, 0.2) is 42.0 Å². The molecule has 14 heavy (non-hydrogen) atoms. The van der Waals surface area contributed by atoms with Crippen molar-refractivity contribution in [2.45, 2.75) is 11.8 Å². The van der Waals surface area contributed by atoms with Gasteiger partial charge in [-0.05, 0) is 19.1 Å². The molecule has 0 aliphatic heterocycles. The second kappa shape index (κ2) is 5.56. The summed E-state index contributed by atoms with van der Waals surface area (Å²) in [5.41, 5.74) is 0.998. The van der Waals surface area contributed by atoms with Crippen molar-refractivity contribution in [1.82, 2.24) is 0 Å². The molecule has 0 atom stereocenters. The van der Waals surface area contributed by atoms with Crippen molar-refractivity contribution in [1.29, 1.82) is 0 Å². The predicted molar refractivity (Wildman–Crippen MR) is 55.4 cm³/mol. The molecule has 1 radical (unpaired) electrons. The molecule has 0 aliphatic carbocycles. The van der Waals surface area contributed by atoms with Gasteiger partial charge in [-0.1, -0.05) is 24.3 Å². The van der Waals surface area contributed by atoms with Crippen LogP contribution in [0.3, 0.4) is 0 Å². The number of benzene rings is 1. The third-order valence-corrected chi connectivity index (χ3v) is 2.74. The number of hydrogen-bond acceptors (Lipinski definition) is 3. The van der Waals surface area contributed by atoms with Crippen LogP contribution in [0.4, 0.5) is 0 Å². The molecule has 0 bridgehead atoms. The molecule has 0 heterocycles. The van der Waals surface area contributed by atoms with E-state index in [1.165, 1.54) is 12.1 Å². The Morgan fingerprint density at radius 3 is 2.21 bits per heavy atom. The van der Waals surface area contributed by atoms with Crippen molar-refractivity contribution in [2.24, 2.45) is 0 Å². The van der Waals surface area contributed by atoms with Gasteiger partial charge in [0.2, 0.25) is 0 Å². The zero-order valence-electron chi connectivity index (χ0n) is 8.23. The van der Waals surface area contributed by atoms with Crippen molar-refractivity contribution < 1.29 is 12.6 Å². The summed E-state index contributed by atoms with van der Waals surface area (Å²) >= 11 is 0. The van der Waals surface area contributed by atoms with Gasteiger partial charge in [-0.3, -0.25) is 0 Å². The summed E-state index contributed by atoms with van der Waals surface area (Å²) in [6, 6.07) is 6.40. The molecular formula is C9H10NaO3S. The van der Waals surface area contributed by atoms with Gasteiger partial charge in [-0.2, -0.15) is 8.42 Å². The summed E-state index contributed by atoms with van der Waals surface area (Å²) in [5, 5.41) is 0. The summed E-state index contributed by atoms with van der Waals surface area (Å²) < 4.78 is 26.9. The van der Waals surface area contributed by atoms with E-state index in [-0.39, 0.29) is 34.5 Å². The Bertz CT molecular complexity index is 395. The summed E-state index contributed by atoms with van der Waals surface area (Å²) in [4.78, 5) is 0.137. The first-order chi connectivity index (χ1) is 6.06. The van der Waals surface area contributed by atoms with Crippen LogP contribution < -0.4 is 0 Å². The van der Waals surface area contributed by atoms with Crippen molar-refractivity contribution in [3.8, 4) is 0 Å². The average Bonchev–Trinajstić information content (AvgIpc) is 2.05. The van der Waals surface area contributed by atoms with Gasteiger partial charge in [0.1, 0.15) is 4.90 Å². The second-order valence-electron chi connectivity index (χ2n) is 2.53. The Morgan fingerprint density at radius 2 is 1.79 bits per heavy atom. The van der Waals surface area contributed by atoms with E-state index in [1.54, 1.807) is 12.1 Å². The minimum Gasteiger partial charge on any atom is -0.388 e. The maximum atomic E-state index is 11.3. The molecule has 0 fully saturated rings. The molecule has 1 aromatic carbocycles. The molecule has 3 nitrogen and oxygen atoms in total. The van der Waals surface area contributed by atoms with Crippen molar-refractivity contribution in [2.75, 3.05) is 0 Å². The Balaban J connectivity index is 0.00000169. The van der Waals surface area contributed by atoms with Gasteiger partial charge in [-0.25, -0.2) is 0 Å². The molecule has 0 N–H and O–H groups in total. The van der Waals surface area contributed by atoms with E-state index in [4.69, 9.17) is 0 Å². The largest absolute Gasteiger partial charge is 0.388 e. The first-order valence-corrected chi connectivity index (χ1v) is 5.08. The van der Waals surface area contributed by atoms with E-state index in [1.807, 2.05) is 6.92 Å². The molecule has 0 aliphatic rings. The van der Waals surface area contributed by atoms with Crippen molar-refractivity contribution in [3.05, 3.63) is 42.7 Å². The first kappa shape index (κ1) is 13.7. The Kier molecular flexibility index (Phi) is 5.44. The Hall–Kier alpha value is -0.290. The molecule has 0 amide bonds. The molecule has 0 unspecified atom stereocenters. The zero-order chi connectivity index (χ0) is 9.90. The third kappa shape index (κ3) is 3.46. The second-order valence-corrected chi connectivity index (χ2v) is 4.10. The average molecular weight is 221 g/mol. The first-order valence-electron chi connectivity index (χ1n) is 3.67. The van der Waals surface area contributed by atoms with Crippen LogP contribution in [0.25, 0.3) is 0 Å². The van der Waals surface area contributed by atoms with E-state index in [0.29, 0.717) is 0 Å². The van der Waals surface area contributed by atoms with E-state index in [0.717, 1.165) is 11.8 Å². The summed E-state index contributed by atoms with van der Waals surface area (Å²) in [6.07, 6.45) is 0.898. The molecule has 5 heteroatoms. The molecule has 0 saturated carbocycles. The van der Waals surface area contributed by atoms with Gasteiger partial charge in [0.05, 0.1) is 6.26 Å². The molecule has 0 spiro atoms. The van der Waals surface area contributed by atoms with E-state index < -0.39 is 10.1 Å². The molecule has 71 valence electrons. The van der Waals surface area contributed by atoms with Crippen molar-refractivity contribution in [3.63, 3.8) is 0 Å². The topological polar surface area (TPSA) is 43.4 Å². The van der Waals surface area contributed by atoms with Crippen molar-refractivity contribution >= 4 is 39.7 Å². The molecule has 1 aromatic rings. The van der Waals surface area contributed by atoms with Gasteiger partial charge in [0.25, 0.3) is 0 Å². The minimum absolute atomic E-state index is 0. The fourth-order valence-corrected chi connectivity index (χ4v) is 1.61. The fraction of sp³-hybridized carbons (Fsp3) is 0.111. The minimum atomic E-state index is -3.65. The van der Waals surface area contributed by atoms with Crippen LogP contribution in [0.1, 0.15) is 5.56 Å². The van der Waals surface area contributed by atoms with Gasteiger partial charge in [0, 0.05) is 29.6 Å². The quantitative estimate of drug-likeness (QED) is 0.441. The number of rotatable bonds is 3. The van der Waals surface area contributed by atoms with Gasteiger partial charge < -0.3 is 4.18 Å². The SMILES string of the molecule is C=COS(=O)(=O)c1ccc(C)cc1.[Na]. The van der Waals surface area contributed by atoms with Gasteiger partial charge in [0.15, 0.2) is 0 Å². The smallest absolute Gasteiger partial charge is 0.338 e. The van der Waals surface area contributed by atoms with Crippen LogP contribution in [0.2, 0.25) is 0 Å². The Morgan fingerprint density at radius 1 is 1.29 bits per heavy atom. The number of aryl methyl sites for hydroxylation is 1. The van der Waals surface area contributed by atoms with E-state index in [2.05, 4.69) is 10.8 Å². The summed E-state index contributed by atoms with van der Waals surface area (Å²) in [6.45, 7) is 5.07. The molecular weight excluding hydrogens is 211 g/mol. The number of hydrogen-bond donors (Lipinski definition) is 0. The van der Waals surface area contributed by atoms with Gasteiger partial charge >= 0.3 is 10.1 Å². The summed E-state index contributed by atoms with van der Waals surface area (Å²) in [7, 11) is -3.65. The van der Waals surface area contributed by atoms with E-state index >= 15 is 0 Å².